The Morgan fingerprint density at radius 3 is 2.71 bits per heavy atom. The predicted octanol–water partition coefficient (Wildman–Crippen LogP) is 7.45. The summed E-state index contributed by atoms with van der Waals surface area (Å²) in [5.74, 6) is 1.23. The van der Waals surface area contributed by atoms with Crippen LogP contribution in [0.2, 0.25) is 0 Å². The minimum Gasteiger partial charge on any atom is -0.359 e. The number of rotatable bonds is 3. The van der Waals surface area contributed by atoms with E-state index in [9.17, 15) is 0 Å². The van der Waals surface area contributed by atoms with E-state index in [4.69, 9.17) is 4.74 Å². The Hall–Kier alpha value is -1.90. The molecule has 3 aliphatic carbocycles. The number of nitrogens with one attached hydrogen (secondary N) is 1. The maximum atomic E-state index is 7.45. The fourth-order valence-electron chi connectivity index (χ4n) is 8.99. The zero-order valence-electron chi connectivity index (χ0n) is 21.1. The molecular formula is C32H39NO. The Balaban J connectivity index is 1.25. The fraction of sp³-hybridized carbons (Fsp3) is 0.562. The monoisotopic (exact) mass is 453 g/mol. The third-order valence-corrected chi connectivity index (χ3v) is 10.4. The van der Waals surface area contributed by atoms with Gasteiger partial charge in [-0.25, -0.2) is 0 Å². The van der Waals surface area contributed by atoms with Crippen molar-refractivity contribution < 1.29 is 4.74 Å². The van der Waals surface area contributed by atoms with E-state index in [0.29, 0.717) is 23.9 Å². The van der Waals surface area contributed by atoms with Gasteiger partial charge < -0.3 is 10.1 Å². The molecule has 1 N–H and O–H groups in total. The second-order valence-corrected chi connectivity index (χ2v) is 12.6. The molecule has 0 unspecified atom stereocenters. The first kappa shape index (κ1) is 21.4. The van der Waals surface area contributed by atoms with Crippen molar-refractivity contribution in [3.63, 3.8) is 0 Å². The minimum atomic E-state index is -0.0538. The van der Waals surface area contributed by atoms with Crippen LogP contribution >= 0.6 is 0 Å². The van der Waals surface area contributed by atoms with Crippen molar-refractivity contribution in [3.8, 4) is 0 Å². The van der Waals surface area contributed by atoms with Gasteiger partial charge in [-0.15, -0.1) is 0 Å². The summed E-state index contributed by atoms with van der Waals surface area (Å²) in [6, 6.07) is 17.2. The first-order valence-electron chi connectivity index (χ1n) is 13.8. The number of hydrogen-bond acceptors (Lipinski definition) is 2. The molecule has 2 aliphatic heterocycles. The van der Waals surface area contributed by atoms with Gasteiger partial charge in [0.25, 0.3) is 0 Å². The number of hydrogen-bond donors (Lipinski definition) is 1. The molecule has 1 saturated heterocycles. The standard InChI is InChI=1S/C32H39NO/c1-21(2)33-27-11-10-25-19-26-14-15-30(3)28(24-9-8-22-6-4-5-7-23(22)18-24)12-13-29(30)32(26)17-16-31(25,20-27)34-32/h4-9,14,18-19,21,27-29,33H,10-13,15-17,20H2,1-3H3/t27-,28+,29+,30+,31+,32+/m0/s1. The molecule has 178 valence electrons. The molecule has 0 amide bonds. The van der Waals surface area contributed by atoms with Crippen LogP contribution in [0.3, 0.4) is 0 Å². The maximum absolute atomic E-state index is 7.45. The van der Waals surface area contributed by atoms with Gasteiger partial charge in [0.2, 0.25) is 0 Å². The van der Waals surface area contributed by atoms with Crippen molar-refractivity contribution in [2.75, 3.05) is 0 Å². The average molecular weight is 454 g/mol. The Labute approximate surface area is 204 Å². The Morgan fingerprint density at radius 2 is 1.85 bits per heavy atom. The van der Waals surface area contributed by atoms with Gasteiger partial charge in [-0.3, -0.25) is 0 Å². The van der Waals surface area contributed by atoms with Gasteiger partial charge in [-0.05, 0) is 96.1 Å². The summed E-state index contributed by atoms with van der Waals surface area (Å²) in [6.07, 6.45) is 15.0. The van der Waals surface area contributed by atoms with Crippen molar-refractivity contribution in [2.45, 2.75) is 101 Å². The van der Waals surface area contributed by atoms with E-state index in [2.05, 4.69) is 80.7 Å². The van der Waals surface area contributed by atoms with E-state index in [-0.39, 0.29) is 16.6 Å². The first-order chi connectivity index (χ1) is 16.4. The summed E-state index contributed by atoms with van der Waals surface area (Å²) in [6.45, 7) is 7.14. The highest BCUT2D eigenvalue weighted by Gasteiger charge is 2.66. The zero-order valence-corrected chi connectivity index (χ0v) is 21.1. The van der Waals surface area contributed by atoms with E-state index in [1.807, 2.05) is 0 Å². The van der Waals surface area contributed by atoms with Crippen LogP contribution in [-0.4, -0.2) is 23.3 Å². The zero-order chi connectivity index (χ0) is 23.1. The van der Waals surface area contributed by atoms with E-state index >= 15 is 0 Å². The molecule has 2 aromatic rings. The summed E-state index contributed by atoms with van der Waals surface area (Å²) >= 11 is 0. The lowest BCUT2D eigenvalue weighted by Crippen LogP contribution is -2.55. The van der Waals surface area contributed by atoms with Crippen molar-refractivity contribution in [1.82, 2.24) is 5.32 Å². The molecule has 2 saturated carbocycles. The summed E-state index contributed by atoms with van der Waals surface area (Å²) in [7, 11) is 0. The summed E-state index contributed by atoms with van der Waals surface area (Å²) in [5.41, 5.74) is 4.88. The molecule has 2 aromatic carbocycles. The molecule has 6 atom stereocenters. The molecule has 34 heavy (non-hydrogen) atoms. The number of benzene rings is 2. The lowest BCUT2D eigenvalue weighted by atomic mass is 9.58. The lowest BCUT2D eigenvalue weighted by Gasteiger charge is -2.54. The third-order valence-electron chi connectivity index (χ3n) is 10.4. The highest BCUT2D eigenvalue weighted by atomic mass is 16.5. The van der Waals surface area contributed by atoms with Gasteiger partial charge in [0.1, 0.15) is 0 Å². The van der Waals surface area contributed by atoms with Crippen molar-refractivity contribution in [2.24, 2.45) is 11.3 Å². The summed E-state index contributed by atoms with van der Waals surface area (Å²) in [5, 5.41) is 6.57. The van der Waals surface area contributed by atoms with Crippen LogP contribution < -0.4 is 5.32 Å². The van der Waals surface area contributed by atoms with Crippen LogP contribution in [0.15, 0.2) is 65.8 Å². The molecule has 2 bridgehead atoms. The molecule has 5 aliphatic rings. The van der Waals surface area contributed by atoms with Crippen LogP contribution in [0.5, 0.6) is 0 Å². The van der Waals surface area contributed by atoms with Gasteiger partial charge in [-0.1, -0.05) is 75.4 Å². The SMILES string of the molecule is CC(C)N[C@H]1CCC2=CC3=CC[C@]4(C)[C@@H](c5ccc6ccccc6c5)CC[C@H]4[C@@]34CC[C@]2(C1)O4. The van der Waals surface area contributed by atoms with E-state index in [1.54, 1.807) is 5.57 Å². The highest BCUT2D eigenvalue weighted by Crippen LogP contribution is 2.69. The molecule has 7 rings (SSSR count). The molecular weight excluding hydrogens is 414 g/mol. The Morgan fingerprint density at radius 1 is 1.00 bits per heavy atom. The van der Waals surface area contributed by atoms with Crippen LogP contribution in [0.25, 0.3) is 10.8 Å². The number of fused-ring (bicyclic) bond motifs is 2. The van der Waals surface area contributed by atoms with Crippen LogP contribution in [-0.2, 0) is 4.74 Å². The minimum absolute atomic E-state index is 0.0125. The first-order valence-corrected chi connectivity index (χ1v) is 13.8. The maximum Gasteiger partial charge on any atom is 0.0974 e. The Kier molecular flexibility index (Phi) is 4.60. The normalized spacial score (nSPS) is 40.5. The van der Waals surface area contributed by atoms with Crippen LogP contribution in [0, 0.1) is 11.3 Å². The molecule has 2 heteroatoms. The molecule has 2 heterocycles. The molecule has 0 radical (unpaired) electrons. The largest absolute Gasteiger partial charge is 0.359 e. The van der Waals surface area contributed by atoms with Gasteiger partial charge in [0.15, 0.2) is 0 Å². The number of ether oxygens (including phenoxy) is 1. The molecule has 0 aromatic heterocycles. The summed E-state index contributed by atoms with van der Waals surface area (Å²) < 4.78 is 7.45. The van der Waals surface area contributed by atoms with Crippen LogP contribution in [0.1, 0.15) is 83.6 Å². The molecule has 2 spiro atoms. The summed E-state index contributed by atoms with van der Waals surface area (Å²) in [4.78, 5) is 0. The van der Waals surface area contributed by atoms with E-state index < -0.39 is 0 Å². The smallest absolute Gasteiger partial charge is 0.0974 e. The van der Waals surface area contributed by atoms with Gasteiger partial charge >= 0.3 is 0 Å². The van der Waals surface area contributed by atoms with Gasteiger partial charge in [-0.2, -0.15) is 0 Å². The van der Waals surface area contributed by atoms with Gasteiger partial charge in [0.05, 0.1) is 11.2 Å². The van der Waals surface area contributed by atoms with Crippen LogP contribution in [0.4, 0.5) is 0 Å². The quantitative estimate of drug-likeness (QED) is 0.521. The van der Waals surface area contributed by atoms with Crippen molar-refractivity contribution in [1.29, 1.82) is 0 Å². The van der Waals surface area contributed by atoms with E-state index in [0.717, 1.165) is 6.42 Å². The van der Waals surface area contributed by atoms with Crippen molar-refractivity contribution >= 4 is 10.8 Å². The fourth-order valence-corrected chi connectivity index (χ4v) is 8.99. The average Bonchev–Trinajstić information content (AvgIpc) is 3.33. The third kappa shape index (κ3) is 2.88. The topological polar surface area (TPSA) is 21.3 Å². The molecule has 3 fully saturated rings. The van der Waals surface area contributed by atoms with E-state index in [1.165, 1.54) is 66.9 Å². The highest BCUT2D eigenvalue weighted by molar-refractivity contribution is 5.83. The van der Waals surface area contributed by atoms with Crippen molar-refractivity contribution in [3.05, 3.63) is 71.3 Å². The van der Waals surface area contributed by atoms with Gasteiger partial charge in [0, 0.05) is 12.1 Å². The second-order valence-electron chi connectivity index (χ2n) is 12.6. The Bertz CT molecular complexity index is 1210. The predicted molar refractivity (Wildman–Crippen MR) is 140 cm³/mol. The second kappa shape index (κ2) is 7.31. The number of allylic oxidation sites excluding steroid dienone is 1. The molecule has 2 nitrogen and oxygen atoms in total. The lowest BCUT2D eigenvalue weighted by molar-refractivity contribution is -0.136.